The minimum Gasteiger partial charge on any atom is -0.426 e. The van der Waals surface area contributed by atoms with Gasteiger partial charge >= 0.3 is 5.97 Å². The summed E-state index contributed by atoms with van der Waals surface area (Å²) in [6.07, 6.45) is 2.35. The van der Waals surface area contributed by atoms with Gasteiger partial charge in [0.1, 0.15) is 5.75 Å². The third-order valence-electron chi connectivity index (χ3n) is 5.22. The number of nitrogens with zero attached hydrogens (tertiary/aromatic N) is 2. The van der Waals surface area contributed by atoms with Crippen molar-refractivity contribution >= 4 is 17.6 Å². The first kappa shape index (κ1) is 20.9. The minimum atomic E-state index is -0.443. The Morgan fingerprint density at radius 1 is 1.07 bits per heavy atom. The third kappa shape index (κ3) is 5.35. The molecule has 0 radical (unpaired) electrons. The summed E-state index contributed by atoms with van der Waals surface area (Å²) >= 11 is 0. The van der Waals surface area contributed by atoms with E-state index in [-0.39, 0.29) is 17.7 Å². The van der Waals surface area contributed by atoms with Crippen LogP contribution in [0.15, 0.2) is 48.5 Å². The van der Waals surface area contributed by atoms with Crippen LogP contribution in [0.4, 0.5) is 5.69 Å². The number of ether oxygens (including phenoxy) is 1. The molecule has 1 heterocycles. The van der Waals surface area contributed by atoms with Gasteiger partial charge in [0, 0.05) is 33.3 Å². The van der Waals surface area contributed by atoms with Crippen LogP contribution < -0.4 is 15.0 Å². The smallest absolute Gasteiger partial charge is 0.308 e. The van der Waals surface area contributed by atoms with E-state index in [1.54, 1.807) is 24.3 Å². The van der Waals surface area contributed by atoms with Crippen molar-refractivity contribution in [1.82, 2.24) is 10.2 Å². The van der Waals surface area contributed by atoms with Crippen molar-refractivity contribution in [3.8, 4) is 5.75 Å². The normalized spacial score (nSPS) is 15.0. The molecule has 154 valence electrons. The van der Waals surface area contributed by atoms with Crippen LogP contribution in [0, 0.1) is 0 Å². The largest absolute Gasteiger partial charge is 0.426 e. The molecule has 2 aromatic carbocycles. The van der Waals surface area contributed by atoms with Gasteiger partial charge < -0.3 is 15.0 Å². The lowest BCUT2D eigenvalue weighted by Gasteiger charge is -2.28. The standard InChI is InChI=1S/C23H29N3O3/c1-17(27)29-22-9-5-4-8-20(22)23(28)24-16-21(26-14-6-7-15-26)18-10-12-19(13-11-18)25(2)3/h4-5,8-13,21H,6-7,14-16H2,1-3H3,(H,24,28)/t21-/m1/s1. The molecule has 1 amide bonds. The molecule has 0 spiro atoms. The van der Waals surface area contributed by atoms with E-state index in [2.05, 4.69) is 39.4 Å². The van der Waals surface area contributed by atoms with Crippen molar-refractivity contribution in [2.45, 2.75) is 25.8 Å². The molecular weight excluding hydrogens is 366 g/mol. The molecule has 0 aromatic heterocycles. The maximum Gasteiger partial charge on any atom is 0.308 e. The van der Waals surface area contributed by atoms with E-state index >= 15 is 0 Å². The van der Waals surface area contributed by atoms with E-state index in [9.17, 15) is 9.59 Å². The molecule has 1 fully saturated rings. The summed E-state index contributed by atoms with van der Waals surface area (Å²) in [5.41, 5.74) is 2.70. The molecule has 3 rings (SSSR count). The molecule has 0 aliphatic carbocycles. The first-order valence-corrected chi connectivity index (χ1v) is 10.0. The number of esters is 1. The van der Waals surface area contributed by atoms with Crippen LogP contribution in [0.3, 0.4) is 0 Å². The second kappa shape index (κ2) is 9.56. The van der Waals surface area contributed by atoms with Crippen LogP contribution in [-0.4, -0.2) is 50.5 Å². The number of carbonyl (C=O) groups is 2. The molecule has 1 N–H and O–H groups in total. The minimum absolute atomic E-state index is 0.110. The van der Waals surface area contributed by atoms with Gasteiger partial charge in [-0.2, -0.15) is 0 Å². The van der Waals surface area contributed by atoms with Crippen molar-refractivity contribution in [3.63, 3.8) is 0 Å². The topological polar surface area (TPSA) is 61.9 Å². The fourth-order valence-electron chi connectivity index (χ4n) is 3.69. The molecule has 0 unspecified atom stereocenters. The highest BCUT2D eigenvalue weighted by Gasteiger charge is 2.25. The van der Waals surface area contributed by atoms with Crippen LogP contribution in [0.5, 0.6) is 5.75 Å². The Kier molecular flexibility index (Phi) is 6.88. The molecule has 1 aliphatic heterocycles. The van der Waals surface area contributed by atoms with Crippen LogP contribution >= 0.6 is 0 Å². The SMILES string of the molecule is CC(=O)Oc1ccccc1C(=O)NC[C@H](c1ccc(N(C)C)cc1)N1CCCC1. The molecule has 6 heteroatoms. The number of amides is 1. The zero-order valence-electron chi connectivity index (χ0n) is 17.4. The van der Waals surface area contributed by atoms with E-state index in [0.29, 0.717) is 12.1 Å². The number of para-hydroxylation sites is 1. The number of likely N-dealkylation sites (tertiary alicyclic amines) is 1. The average molecular weight is 396 g/mol. The van der Waals surface area contributed by atoms with E-state index in [0.717, 1.165) is 18.8 Å². The Bertz CT molecular complexity index is 843. The predicted molar refractivity (Wildman–Crippen MR) is 114 cm³/mol. The van der Waals surface area contributed by atoms with Gasteiger partial charge in [0.2, 0.25) is 0 Å². The Morgan fingerprint density at radius 2 is 1.72 bits per heavy atom. The Morgan fingerprint density at radius 3 is 2.34 bits per heavy atom. The number of hydrogen-bond acceptors (Lipinski definition) is 5. The monoisotopic (exact) mass is 395 g/mol. The van der Waals surface area contributed by atoms with Crippen LogP contribution in [0.2, 0.25) is 0 Å². The summed E-state index contributed by atoms with van der Waals surface area (Å²) in [5.74, 6) is -0.400. The van der Waals surface area contributed by atoms with E-state index in [1.807, 2.05) is 14.1 Å². The van der Waals surface area contributed by atoms with Crippen molar-refractivity contribution in [2.75, 3.05) is 38.6 Å². The Labute approximate surface area is 172 Å². The lowest BCUT2D eigenvalue weighted by Crippen LogP contribution is -2.37. The van der Waals surface area contributed by atoms with E-state index in [4.69, 9.17) is 4.74 Å². The van der Waals surface area contributed by atoms with Gasteiger partial charge in [-0.15, -0.1) is 0 Å². The van der Waals surface area contributed by atoms with Gasteiger partial charge in [-0.3, -0.25) is 14.5 Å². The Balaban J connectivity index is 1.75. The molecular formula is C23H29N3O3. The molecule has 1 saturated heterocycles. The number of carbonyl (C=O) groups excluding carboxylic acids is 2. The maximum absolute atomic E-state index is 12.8. The van der Waals surface area contributed by atoms with E-state index in [1.165, 1.54) is 25.3 Å². The van der Waals surface area contributed by atoms with Gasteiger partial charge in [0.05, 0.1) is 11.6 Å². The van der Waals surface area contributed by atoms with Gasteiger partial charge in [-0.1, -0.05) is 24.3 Å². The number of benzene rings is 2. The molecule has 1 atom stereocenters. The van der Waals surface area contributed by atoms with Crippen LogP contribution in [-0.2, 0) is 4.79 Å². The highest BCUT2D eigenvalue weighted by Crippen LogP contribution is 2.27. The second-order valence-corrected chi connectivity index (χ2v) is 7.54. The Hall–Kier alpha value is -2.86. The average Bonchev–Trinajstić information content (AvgIpc) is 3.23. The van der Waals surface area contributed by atoms with E-state index < -0.39 is 5.97 Å². The quantitative estimate of drug-likeness (QED) is 0.576. The fraction of sp³-hybridized carbons (Fsp3) is 0.391. The number of hydrogen-bond donors (Lipinski definition) is 1. The zero-order valence-corrected chi connectivity index (χ0v) is 17.4. The predicted octanol–water partition coefficient (Wildman–Crippen LogP) is 3.24. The zero-order chi connectivity index (χ0) is 20.8. The lowest BCUT2D eigenvalue weighted by molar-refractivity contribution is -0.131. The van der Waals surface area contributed by atoms with Gasteiger partial charge in [-0.25, -0.2) is 0 Å². The summed E-state index contributed by atoms with van der Waals surface area (Å²) in [6.45, 7) is 3.88. The molecule has 0 saturated carbocycles. The lowest BCUT2D eigenvalue weighted by atomic mass is 10.0. The van der Waals surface area contributed by atoms with Crippen molar-refractivity contribution < 1.29 is 14.3 Å². The number of rotatable bonds is 7. The number of anilines is 1. The highest BCUT2D eigenvalue weighted by atomic mass is 16.5. The van der Waals surface area contributed by atoms with Gasteiger partial charge in [0.25, 0.3) is 5.91 Å². The molecule has 2 aromatic rings. The molecule has 0 bridgehead atoms. The van der Waals surface area contributed by atoms with Crippen LogP contribution in [0.25, 0.3) is 0 Å². The summed E-state index contributed by atoms with van der Waals surface area (Å²) < 4.78 is 5.18. The summed E-state index contributed by atoms with van der Waals surface area (Å²) in [4.78, 5) is 28.6. The van der Waals surface area contributed by atoms with Crippen LogP contribution in [0.1, 0.15) is 41.7 Å². The summed E-state index contributed by atoms with van der Waals surface area (Å²) in [5, 5.41) is 3.04. The number of nitrogens with one attached hydrogen (secondary N) is 1. The fourth-order valence-corrected chi connectivity index (χ4v) is 3.69. The first-order valence-electron chi connectivity index (χ1n) is 10.0. The second-order valence-electron chi connectivity index (χ2n) is 7.54. The summed E-state index contributed by atoms with van der Waals surface area (Å²) in [6, 6.07) is 15.4. The van der Waals surface area contributed by atoms with Crippen molar-refractivity contribution in [2.24, 2.45) is 0 Å². The molecule has 6 nitrogen and oxygen atoms in total. The van der Waals surface area contributed by atoms with Gasteiger partial charge in [0.15, 0.2) is 0 Å². The molecule has 29 heavy (non-hydrogen) atoms. The first-order chi connectivity index (χ1) is 14.0. The van der Waals surface area contributed by atoms with Crippen molar-refractivity contribution in [3.05, 3.63) is 59.7 Å². The third-order valence-corrected chi connectivity index (χ3v) is 5.22. The maximum atomic E-state index is 12.8. The summed E-state index contributed by atoms with van der Waals surface area (Å²) in [7, 11) is 4.04. The van der Waals surface area contributed by atoms with Gasteiger partial charge in [-0.05, 0) is 55.8 Å². The molecule has 1 aliphatic rings. The highest BCUT2D eigenvalue weighted by molar-refractivity contribution is 5.97. The van der Waals surface area contributed by atoms with Crippen molar-refractivity contribution in [1.29, 1.82) is 0 Å².